The summed E-state index contributed by atoms with van der Waals surface area (Å²) in [6, 6.07) is 32.5. The molecule has 0 aliphatic rings. The van der Waals surface area contributed by atoms with Crippen molar-refractivity contribution in [2.24, 2.45) is 0 Å². The lowest BCUT2D eigenvalue weighted by Gasteiger charge is -2.27. The molecule has 3 N–H and O–H groups in total. The number of hydrogen-bond donors (Lipinski definition) is 3. The Morgan fingerprint density at radius 1 is 0.732 bits per heavy atom. The second-order valence-corrected chi connectivity index (χ2v) is 9.92. The van der Waals surface area contributed by atoms with Crippen LogP contribution in [-0.4, -0.2) is 52.6 Å². The Kier molecular flexibility index (Phi) is 10.0. The van der Waals surface area contributed by atoms with Crippen molar-refractivity contribution in [1.29, 1.82) is 0 Å². The van der Waals surface area contributed by atoms with Crippen LogP contribution in [0.25, 0.3) is 11.1 Å². The summed E-state index contributed by atoms with van der Waals surface area (Å²) >= 11 is 0. The maximum absolute atomic E-state index is 14.0. The molecule has 41 heavy (non-hydrogen) atoms. The maximum atomic E-state index is 14.0. The average Bonchev–Trinajstić information content (AvgIpc) is 3.02. The first-order valence-electron chi connectivity index (χ1n) is 13.6. The first-order chi connectivity index (χ1) is 19.9. The van der Waals surface area contributed by atoms with Gasteiger partial charge in [0.15, 0.2) is 0 Å². The van der Waals surface area contributed by atoms with Gasteiger partial charge in [-0.05, 0) is 40.3 Å². The Balaban J connectivity index is 1.66. The molecule has 0 saturated heterocycles. The summed E-state index contributed by atoms with van der Waals surface area (Å²) in [5.41, 5.74) is 3.69. The molecule has 2 atom stereocenters. The van der Waals surface area contributed by atoms with Crippen LogP contribution in [-0.2, 0) is 4.79 Å². The van der Waals surface area contributed by atoms with Gasteiger partial charge in [-0.1, -0.05) is 104 Å². The number of carboxylic acids is 1. The second-order valence-electron chi connectivity index (χ2n) is 9.92. The summed E-state index contributed by atoms with van der Waals surface area (Å²) in [7, 11) is 0. The van der Waals surface area contributed by atoms with E-state index >= 15 is 0 Å². The predicted octanol–water partition coefficient (Wildman–Crippen LogP) is 5.54. The molecule has 7 heteroatoms. The van der Waals surface area contributed by atoms with E-state index in [4.69, 9.17) is 0 Å². The van der Waals surface area contributed by atoms with Crippen LogP contribution in [0.2, 0.25) is 0 Å². The zero-order chi connectivity index (χ0) is 29.2. The summed E-state index contributed by atoms with van der Waals surface area (Å²) in [4.78, 5) is 40.5. The second kappa shape index (κ2) is 14.1. The van der Waals surface area contributed by atoms with Crippen molar-refractivity contribution in [3.63, 3.8) is 0 Å². The zero-order valence-electron chi connectivity index (χ0n) is 22.9. The standard InChI is InChI=1S/C34H34N2O5/c1-24(25-12-4-2-5-13-25)22-36(21-20-32(38)39)34(41)30-19-11-9-17-28(30)27-16-8-10-18-29(27)33(40)35-31(23-37)26-14-6-3-7-15-26/h2-19,24,31,37H,20-23H2,1H3,(H,35,40)(H,38,39). The Hall–Kier alpha value is -4.75. The van der Waals surface area contributed by atoms with Gasteiger partial charge in [-0.2, -0.15) is 0 Å². The van der Waals surface area contributed by atoms with E-state index in [9.17, 15) is 24.6 Å². The molecule has 7 nitrogen and oxygen atoms in total. The number of aliphatic hydroxyl groups excluding tert-OH is 1. The van der Waals surface area contributed by atoms with Crippen LogP contribution in [0.4, 0.5) is 0 Å². The van der Waals surface area contributed by atoms with Gasteiger partial charge in [0.05, 0.1) is 19.1 Å². The van der Waals surface area contributed by atoms with Gasteiger partial charge < -0.3 is 20.4 Å². The van der Waals surface area contributed by atoms with E-state index in [-0.39, 0.29) is 37.3 Å². The van der Waals surface area contributed by atoms with Crippen molar-refractivity contribution >= 4 is 17.8 Å². The third kappa shape index (κ3) is 7.47. The van der Waals surface area contributed by atoms with Crippen LogP contribution in [0.1, 0.15) is 57.1 Å². The molecular formula is C34H34N2O5. The Labute approximate surface area is 240 Å². The molecule has 0 spiro atoms. The number of amides is 2. The van der Waals surface area contributed by atoms with Gasteiger partial charge in [-0.25, -0.2) is 0 Å². The first kappa shape index (κ1) is 29.2. The van der Waals surface area contributed by atoms with Crippen molar-refractivity contribution in [3.05, 3.63) is 131 Å². The number of benzene rings is 4. The molecule has 2 amide bonds. The number of rotatable bonds is 12. The lowest BCUT2D eigenvalue weighted by Crippen LogP contribution is -2.36. The normalized spacial score (nSPS) is 12.2. The van der Waals surface area contributed by atoms with Crippen molar-refractivity contribution in [2.45, 2.75) is 25.3 Å². The van der Waals surface area contributed by atoms with Crippen molar-refractivity contribution < 1.29 is 24.6 Å². The minimum atomic E-state index is -0.984. The summed E-state index contributed by atoms with van der Waals surface area (Å²) < 4.78 is 0. The third-order valence-electron chi connectivity index (χ3n) is 7.05. The zero-order valence-corrected chi connectivity index (χ0v) is 22.9. The molecule has 2 unspecified atom stereocenters. The number of carbonyl (C=O) groups is 3. The molecule has 4 aromatic rings. The van der Waals surface area contributed by atoms with Gasteiger partial charge in [0.1, 0.15) is 0 Å². The summed E-state index contributed by atoms with van der Waals surface area (Å²) in [5.74, 6) is -1.70. The number of carbonyl (C=O) groups excluding carboxylic acids is 2. The number of hydrogen-bond acceptors (Lipinski definition) is 4. The number of aliphatic hydroxyl groups is 1. The van der Waals surface area contributed by atoms with E-state index < -0.39 is 12.0 Å². The van der Waals surface area contributed by atoms with E-state index in [1.165, 1.54) is 0 Å². The third-order valence-corrected chi connectivity index (χ3v) is 7.05. The fourth-order valence-corrected chi connectivity index (χ4v) is 4.87. The van der Waals surface area contributed by atoms with Crippen LogP contribution in [0.15, 0.2) is 109 Å². The number of nitrogens with one attached hydrogen (secondary N) is 1. The fraction of sp³-hybridized carbons (Fsp3) is 0.206. The van der Waals surface area contributed by atoms with E-state index in [0.29, 0.717) is 28.8 Å². The van der Waals surface area contributed by atoms with Crippen LogP contribution >= 0.6 is 0 Å². The van der Waals surface area contributed by atoms with Crippen molar-refractivity contribution in [1.82, 2.24) is 10.2 Å². The van der Waals surface area contributed by atoms with E-state index in [1.807, 2.05) is 67.6 Å². The molecule has 0 heterocycles. The van der Waals surface area contributed by atoms with Crippen LogP contribution < -0.4 is 5.32 Å². The minimum absolute atomic E-state index is 0.0208. The molecule has 0 aliphatic carbocycles. The Bertz CT molecular complexity index is 1470. The minimum Gasteiger partial charge on any atom is -0.481 e. The topological polar surface area (TPSA) is 107 Å². The number of nitrogens with zero attached hydrogens (tertiary/aromatic N) is 1. The smallest absolute Gasteiger partial charge is 0.305 e. The molecule has 0 bridgehead atoms. The van der Waals surface area contributed by atoms with Gasteiger partial charge >= 0.3 is 5.97 Å². The van der Waals surface area contributed by atoms with Crippen LogP contribution in [0.5, 0.6) is 0 Å². The molecule has 0 fully saturated rings. The van der Waals surface area contributed by atoms with Gasteiger partial charge in [0.2, 0.25) is 0 Å². The van der Waals surface area contributed by atoms with Gasteiger partial charge in [-0.15, -0.1) is 0 Å². The molecule has 0 saturated carbocycles. The van der Waals surface area contributed by atoms with Gasteiger partial charge in [0.25, 0.3) is 11.8 Å². The summed E-state index contributed by atoms with van der Waals surface area (Å²) in [5, 5.41) is 22.3. The molecule has 210 valence electrons. The molecule has 4 aromatic carbocycles. The largest absolute Gasteiger partial charge is 0.481 e. The highest BCUT2D eigenvalue weighted by molar-refractivity contribution is 6.06. The fourth-order valence-electron chi connectivity index (χ4n) is 4.87. The highest BCUT2D eigenvalue weighted by atomic mass is 16.4. The average molecular weight is 551 g/mol. The SMILES string of the molecule is CC(CN(CCC(=O)O)C(=O)c1ccccc1-c1ccccc1C(=O)NC(CO)c1ccccc1)c1ccccc1. The maximum Gasteiger partial charge on any atom is 0.305 e. The van der Waals surface area contributed by atoms with E-state index in [2.05, 4.69) is 5.32 Å². The van der Waals surface area contributed by atoms with Gasteiger partial charge in [-0.3, -0.25) is 14.4 Å². The monoisotopic (exact) mass is 550 g/mol. The molecule has 0 aromatic heterocycles. The highest BCUT2D eigenvalue weighted by Crippen LogP contribution is 2.29. The lowest BCUT2D eigenvalue weighted by atomic mass is 9.93. The summed E-state index contributed by atoms with van der Waals surface area (Å²) in [6.07, 6.45) is -0.184. The number of carboxylic acid groups (broad SMARTS) is 1. The van der Waals surface area contributed by atoms with Crippen molar-refractivity contribution in [3.8, 4) is 11.1 Å². The van der Waals surface area contributed by atoms with Crippen LogP contribution in [0, 0.1) is 0 Å². The summed E-state index contributed by atoms with van der Waals surface area (Å²) in [6.45, 7) is 2.12. The Morgan fingerprint density at radius 2 is 1.24 bits per heavy atom. The predicted molar refractivity (Wildman–Crippen MR) is 159 cm³/mol. The van der Waals surface area contributed by atoms with E-state index in [0.717, 1.165) is 11.1 Å². The van der Waals surface area contributed by atoms with Gasteiger partial charge in [0, 0.05) is 24.2 Å². The van der Waals surface area contributed by atoms with Crippen molar-refractivity contribution in [2.75, 3.05) is 19.7 Å². The highest BCUT2D eigenvalue weighted by Gasteiger charge is 2.25. The molecule has 0 aliphatic heterocycles. The molecular weight excluding hydrogens is 516 g/mol. The lowest BCUT2D eigenvalue weighted by molar-refractivity contribution is -0.137. The molecule has 4 rings (SSSR count). The van der Waals surface area contributed by atoms with Crippen LogP contribution in [0.3, 0.4) is 0 Å². The van der Waals surface area contributed by atoms with E-state index in [1.54, 1.807) is 53.4 Å². The number of aliphatic carboxylic acids is 1. The molecule has 0 radical (unpaired) electrons. The Morgan fingerprint density at radius 3 is 1.83 bits per heavy atom. The quantitative estimate of drug-likeness (QED) is 0.215. The first-order valence-corrected chi connectivity index (χ1v) is 13.6.